The quantitative estimate of drug-likeness (QED) is 0.464. The average molecular weight is 276 g/mol. The Morgan fingerprint density at radius 3 is 2.60 bits per heavy atom. The van der Waals surface area contributed by atoms with Crippen LogP contribution in [0.25, 0.3) is 0 Å². The molecular formula is C17H28N2O. The van der Waals surface area contributed by atoms with Gasteiger partial charge in [0, 0.05) is 19.2 Å². The van der Waals surface area contributed by atoms with Gasteiger partial charge in [-0.25, -0.2) is 4.98 Å². The number of nitrogens with zero attached hydrogens (tertiary/aromatic N) is 1. The van der Waals surface area contributed by atoms with Crippen LogP contribution in [0.3, 0.4) is 0 Å². The van der Waals surface area contributed by atoms with E-state index in [9.17, 15) is 4.79 Å². The Morgan fingerprint density at radius 2 is 1.85 bits per heavy atom. The van der Waals surface area contributed by atoms with E-state index in [0.717, 1.165) is 30.8 Å². The zero-order valence-corrected chi connectivity index (χ0v) is 13.0. The van der Waals surface area contributed by atoms with Crippen LogP contribution in [0.5, 0.6) is 0 Å². The van der Waals surface area contributed by atoms with E-state index in [0.29, 0.717) is 6.42 Å². The van der Waals surface area contributed by atoms with Gasteiger partial charge in [0.25, 0.3) is 0 Å². The summed E-state index contributed by atoms with van der Waals surface area (Å²) in [6, 6.07) is 3.70. The van der Waals surface area contributed by atoms with Crippen molar-refractivity contribution in [3.8, 4) is 0 Å². The summed E-state index contributed by atoms with van der Waals surface area (Å²) in [5.74, 6) is 0.936. The van der Waals surface area contributed by atoms with Crippen LogP contribution >= 0.6 is 0 Å². The molecule has 0 aliphatic rings. The fraction of sp³-hybridized carbons (Fsp3) is 0.647. The number of nitrogens with one attached hydrogen (secondary N) is 1. The molecule has 0 unspecified atom stereocenters. The molecule has 0 aliphatic carbocycles. The fourth-order valence-corrected chi connectivity index (χ4v) is 2.25. The second kappa shape index (κ2) is 10.4. The third-order valence-electron chi connectivity index (χ3n) is 3.41. The molecule has 0 aromatic carbocycles. The van der Waals surface area contributed by atoms with E-state index in [2.05, 4.69) is 17.2 Å². The van der Waals surface area contributed by atoms with Crippen LogP contribution < -0.4 is 5.32 Å². The van der Waals surface area contributed by atoms with Gasteiger partial charge in [0.2, 0.25) is 0 Å². The highest BCUT2D eigenvalue weighted by atomic mass is 16.1. The Bertz CT molecular complexity index is 390. The number of pyridine rings is 1. The van der Waals surface area contributed by atoms with Crippen LogP contribution in [0.1, 0.15) is 75.6 Å². The summed E-state index contributed by atoms with van der Waals surface area (Å²) in [4.78, 5) is 16.3. The predicted octanol–water partition coefficient (Wildman–Crippen LogP) is 4.84. The molecule has 0 saturated carbocycles. The van der Waals surface area contributed by atoms with E-state index in [4.69, 9.17) is 0 Å². The van der Waals surface area contributed by atoms with E-state index in [-0.39, 0.29) is 5.78 Å². The first-order chi connectivity index (χ1) is 9.79. The maximum atomic E-state index is 12.0. The standard InChI is InChI=1S/C17H28N2O/c1-3-5-6-7-8-9-13-18-17-15(12-10-14-19-17)16(20)11-4-2/h10,12,14H,3-9,11,13H2,1-2H3,(H,18,19). The molecule has 0 radical (unpaired) electrons. The topological polar surface area (TPSA) is 42.0 Å². The second-order valence-electron chi connectivity index (χ2n) is 5.27. The Kier molecular flexibility index (Phi) is 8.68. The van der Waals surface area contributed by atoms with E-state index in [1.165, 1.54) is 32.1 Å². The lowest BCUT2D eigenvalue weighted by atomic mass is 10.1. The molecular weight excluding hydrogens is 248 g/mol. The minimum Gasteiger partial charge on any atom is -0.369 e. The molecule has 1 aromatic heterocycles. The van der Waals surface area contributed by atoms with Gasteiger partial charge in [-0.05, 0) is 25.0 Å². The van der Waals surface area contributed by atoms with Crippen molar-refractivity contribution in [2.45, 2.75) is 65.2 Å². The number of Topliss-reactive ketones (excluding diaryl/α,β-unsaturated/α-hetero) is 1. The second-order valence-corrected chi connectivity index (χ2v) is 5.27. The van der Waals surface area contributed by atoms with Crippen LogP contribution in [0, 0.1) is 0 Å². The third kappa shape index (κ3) is 6.18. The van der Waals surface area contributed by atoms with Crippen LogP contribution in [-0.4, -0.2) is 17.3 Å². The number of hydrogen-bond acceptors (Lipinski definition) is 3. The molecule has 1 aromatic rings. The highest BCUT2D eigenvalue weighted by Crippen LogP contribution is 2.15. The number of ketones is 1. The van der Waals surface area contributed by atoms with Gasteiger partial charge in [0.1, 0.15) is 5.82 Å². The summed E-state index contributed by atoms with van der Waals surface area (Å²) >= 11 is 0. The van der Waals surface area contributed by atoms with Gasteiger partial charge >= 0.3 is 0 Å². The Morgan fingerprint density at radius 1 is 1.10 bits per heavy atom. The van der Waals surface area contributed by atoms with Crippen LogP contribution in [0.15, 0.2) is 18.3 Å². The van der Waals surface area contributed by atoms with E-state index in [1.54, 1.807) is 6.20 Å². The van der Waals surface area contributed by atoms with Gasteiger partial charge in [0.15, 0.2) is 5.78 Å². The largest absolute Gasteiger partial charge is 0.369 e. The van der Waals surface area contributed by atoms with Crippen molar-refractivity contribution >= 4 is 11.6 Å². The number of rotatable bonds is 11. The third-order valence-corrected chi connectivity index (χ3v) is 3.41. The van der Waals surface area contributed by atoms with Crippen molar-refractivity contribution in [3.63, 3.8) is 0 Å². The summed E-state index contributed by atoms with van der Waals surface area (Å²) in [6.45, 7) is 5.16. The van der Waals surface area contributed by atoms with Crippen molar-refractivity contribution in [2.24, 2.45) is 0 Å². The minimum absolute atomic E-state index is 0.186. The fourth-order valence-electron chi connectivity index (χ4n) is 2.25. The first-order valence-corrected chi connectivity index (χ1v) is 8.01. The number of carbonyl (C=O) groups excluding carboxylic acids is 1. The molecule has 112 valence electrons. The highest BCUT2D eigenvalue weighted by molar-refractivity contribution is 6.00. The molecule has 0 amide bonds. The Balaban J connectivity index is 2.34. The van der Waals surface area contributed by atoms with Crippen LogP contribution in [0.4, 0.5) is 5.82 Å². The summed E-state index contributed by atoms with van der Waals surface area (Å²) in [5.41, 5.74) is 0.736. The van der Waals surface area contributed by atoms with Crippen molar-refractivity contribution in [2.75, 3.05) is 11.9 Å². The van der Waals surface area contributed by atoms with Gasteiger partial charge in [-0.2, -0.15) is 0 Å². The first-order valence-electron chi connectivity index (χ1n) is 8.01. The number of anilines is 1. The van der Waals surface area contributed by atoms with Crippen molar-refractivity contribution in [1.82, 2.24) is 4.98 Å². The van der Waals surface area contributed by atoms with Crippen molar-refractivity contribution in [3.05, 3.63) is 23.9 Å². The summed E-state index contributed by atoms with van der Waals surface area (Å²) in [5, 5.41) is 3.31. The smallest absolute Gasteiger partial charge is 0.166 e. The summed E-state index contributed by atoms with van der Waals surface area (Å²) in [7, 11) is 0. The molecule has 0 fully saturated rings. The van der Waals surface area contributed by atoms with E-state index >= 15 is 0 Å². The number of carbonyl (C=O) groups is 1. The number of unbranched alkanes of at least 4 members (excludes halogenated alkanes) is 5. The Labute approximate surface area is 123 Å². The lowest BCUT2D eigenvalue weighted by Crippen LogP contribution is -2.09. The maximum absolute atomic E-state index is 12.0. The molecule has 0 atom stereocenters. The molecule has 1 rings (SSSR count). The highest BCUT2D eigenvalue weighted by Gasteiger charge is 2.10. The zero-order chi connectivity index (χ0) is 14.6. The average Bonchev–Trinajstić information content (AvgIpc) is 2.47. The van der Waals surface area contributed by atoms with Crippen LogP contribution in [0.2, 0.25) is 0 Å². The van der Waals surface area contributed by atoms with E-state index < -0.39 is 0 Å². The minimum atomic E-state index is 0.186. The maximum Gasteiger partial charge on any atom is 0.166 e. The molecule has 1 heterocycles. The molecule has 3 nitrogen and oxygen atoms in total. The Hall–Kier alpha value is -1.38. The van der Waals surface area contributed by atoms with Gasteiger partial charge in [-0.3, -0.25) is 4.79 Å². The lowest BCUT2D eigenvalue weighted by Gasteiger charge is -2.09. The number of hydrogen-bond donors (Lipinski definition) is 1. The summed E-state index contributed by atoms with van der Waals surface area (Å²) < 4.78 is 0. The van der Waals surface area contributed by atoms with Gasteiger partial charge in [0.05, 0.1) is 5.56 Å². The molecule has 1 N–H and O–H groups in total. The summed E-state index contributed by atoms with van der Waals surface area (Å²) in [6.07, 6.45) is 10.9. The molecule has 0 saturated heterocycles. The van der Waals surface area contributed by atoms with Crippen molar-refractivity contribution < 1.29 is 4.79 Å². The lowest BCUT2D eigenvalue weighted by molar-refractivity contribution is 0.0982. The molecule has 3 heteroatoms. The molecule has 20 heavy (non-hydrogen) atoms. The number of aromatic nitrogens is 1. The van der Waals surface area contributed by atoms with Crippen molar-refractivity contribution in [1.29, 1.82) is 0 Å². The first kappa shape index (κ1) is 16.7. The SMILES string of the molecule is CCCCCCCCNc1ncccc1C(=O)CCC. The monoisotopic (exact) mass is 276 g/mol. The van der Waals surface area contributed by atoms with Crippen LogP contribution in [-0.2, 0) is 0 Å². The van der Waals surface area contributed by atoms with E-state index in [1.807, 2.05) is 19.1 Å². The molecule has 0 aliphatic heterocycles. The van der Waals surface area contributed by atoms with Gasteiger partial charge in [-0.1, -0.05) is 46.0 Å². The predicted molar refractivity (Wildman–Crippen MR) is 85.3 cm³/mol. The zero-order valence-electron chi connectivity index (χ0n) is 13.0. The van der Waals surface area contributed by atoms with Gasteiger partial charge < -0.3 is 5.32 Å². The molecule has 0 bridgehead atoms. The molecule has 0 spiro atoms. The normalized spacial score (nSPS) is 10.5. The van der Waals surface area contributed by atoms with Gasteiger partial charge in [-0.15, -0.1) is 0 Å².